The van der Waals surface area contributed by atoms with Gasteiger partial charge in [0.05, 0.1) is 0 Å². The van der Waals surface area contributed by atoms with Gasteiger partial charge in [-0.05, 0) is 24.7 Å². The summed E-state index contributed by atoms with van der Waals surface area (Å²) < 4.78 is 0. The molecule has 0 spiro atoms. The maximum absolute atomic E-state index is 11.8. The van der Waals surface area contributed by atoms with Gasteiger partial charge >= 0.3 is 0 Å². The van der Waals surface area contributed by atoms with E-state index in [2.05, 4.69) is 17.2 Å². The fourth-order valence-electron chi connectivity index (χ4n) is 2.18. The van der Waals surface area contributed by atoms with Crippen molar-refractivity contribution in [2.75, 3.05) is 6.54 Å². The number of carbonyl (C=O) groups excluding carboxylic acids is 1. The Morgan fingerprint density at radius 2 is 2.29 bits per heavy atom. The topological polar surface area (TPSA) is 62.0 Å². The van der Waals surface area contributed by atoms with Gasteiger partial charge in [0.15, 0.2) is 5.43 Å². The second kappa shape index (κ2) is 4.73. The van der Waals surface area contributed by atoms with Crippen LogP contribution in [0.25, 0.3) is 0 Å². The summed E-state index contributed by atoms with van der Waals surface area (Å²) in [4.78, 5) is 26.0. The van der Waals surface area contributed by atoms with Crippen LogP contribution in [0.2, 0.25) is 0 Å². The van der Waals surface area contributed by atoms with Crippen LogP contribution in [0.4, 0.5) is 0 Å². The first-order valence-corrected chi connectivity index (χ1v) is 6.12. The molecule has 1 aromatic heterocycles. The highest BCUT2D eigenvalue weighted by molar-refractivity contribution is 5.93. The molecule has 0 saturated heterocycles. The van der Waals surface area contributed by atoms with E-state index in [1.807, 2.05) is 0 Å². The largest absolute Gasteiger partial charge is 0.367 e. The number of nitrogens with one attached hydrogen (secondary N) is 2. The number of hydrogen-bond acceptors (Lipinski definition) is 2. The Bertz CT molecular complexity index is 460. The third-order valence-electron chi connectivity index (χ3n) is 3.43. The van der Waals surface area contributed by atoms with Gasteiger partial charge in [-0.1, -0.05) is 13.3 Å². The Hall–Kier alpha value is -1.58. The Labute approximate surface area is 100 Å². The van der Waals surface area contributed by atoms with Crippen molar-refractivity contribution in [3.8, 4) is 0 Å². The Balaban J connectivity index is 1.94. The number of H-pyrrole nitrogens is 1. The second-order valence-corrected chi connectivity index (χ2v) is 4.85. The minimum atomic E-state index is -0.269. The first-order valence-electron chi connectivity index (χ1n) is 6.12. The molecule has 0 aliphatic heterocycles. The van der Waals surface area contributed by atoms with E-state index in [1.54, 1.807) is 0 Å². The molecule has 0 unspecified atom stereocenters. The van der Waals surface area contributed by atoms with Crippen LogP contribution in [0.5, 0.6) is 0 Å². The maximum Gasteiger partial charge on any atom is 0.256 e. The number of pyridine rings is 1. The number of carbonyl (C=O) groups is 1. The molecule has 0 aromatic carbocycles. The smallest absolute Gasteiger partial charge is 0.256 e. The van der Waals surface area contributed by atoms with E-state index in [9.17, 15) is 9.59 Å². The highest BCUT2D eigenvalue weighted by Gasteiger charge is 2.41. The van der Waals surface area contributed by atoms with Crippen LogP contribution in [-0.4, -0.2) is 17.4 Å². The molecule has 0 bridgehead atoms. The number of amides is 1. The van der Waals surface area contributed by atoms with Gasteiger partial charge in [0, 0.05) is 25.0 Å². The molecule has 2 N–H and O–H groups in total. The first kappa shape index (κ1) is 11.9. The fourth-order valence-corrected chi connectivity index (χ4v) is 2.18. The number of aromatic amines is 1. The van der Waals surface area contributed by atoms with Gasteiger partial charge in [0.2, 0.25) is 0 Å². The monoisotopic (exact) mass is 234 g/mol. The Morgan fingerprint density at radius 3 is 2.88 bits per heavy atom. The van der Waals surface area contributed by atoms with Crippen LogP contribution >= 0.6 is 0 Å². The van der Waals surface area contributed by atoms with Gasteiger partial charge in [-0.15, -0.1) is 0 Å². The average molecular weight is 234 g/mol. The number of hydrogen-bond donors (Lipinski definition) is 2. The van der Waals surface area contributed by atoms with Gasteiger partial charge in [0.1, 0.15) is 5.56 Å². The van der Waals surface area contributed by atoms with Crippen molar-refractivity contribution in [3.05, 3.63) is 34.2 Å². The molecule has 1 heterocycles. The maximum atomic E-state index is 11.8. The third-order valence-corrected chi connectivity index (χ3v) is 3.43. The van der Waals surface area contributed by atoms with Gasteiger partial charge in [-0.25, -0.2) is 0 Å². The van der Waals surface area contributed by atoms with Gasteiger partial charge < -0.3 is 10.3 Å². The predicted molar refractivity (Wildman–Crippen MR) is 66.0 cm³/mol. The van der Waals surface area contributed by atoms with E-state index >= 15 is 0 Å². The quantitative estimate of drug-likeness (QED) is 0.814. The molecule has 1 aliphatic carbocycles. The molecule has 4 nitrogen and oxygen atoms in total. The molecular weight excluding hydrogens is 216 g/mol. The van der Waals surface area contributed by atoms with Crippen LogP contribution in [0.3, 0.4) is 0 Å². The lowest BCUT2D eigenvalue weighted by Crippen LogP contribution is -2.33. The van der Waals surface area contributed by atoms with Crippen LogP contribution < -0.4 is 10.7 Å². The number of rotatable bonds is 5. The van der Waals surface area contributed by atoms with E-state index in [-0.39, 0.29) is 16.9 Å². The SMILES string of the molecule is CCCC1(CNC(=O)c2c[nH]ccc2=O)CC1. The zero-order chi connectivity index (χ0) is 12.3. The molecule has 0 radical (unpaired) electrons. The molecule has 1 saturated carbocycles. The molecular formula is C13H18N2O2. The molecule has 4 heteroatoms. The van der Waals surface area contributed by atoms with Crippen molar-refractivity contribution >= 4 is 5.91 Å². The molecule has 1 aromatic rings. The summed E-state index contributed by atoms with van der Waals surface area (Å²) in [6.07, 6.45) is 7.65. The van der Waals surface area contributed by atoms with Crippen LogP contribution in [0.15, 0.2) is 23.3 Å². The molecule has 0 atom stereocenters. The van der Waals surface area contributed by atoms with Gasteiger partial charge in [-0.3, -0.25) is 9.59 Å². The van der Waals surface area contributed by atoms with Crippen LogP contribution in [0, 0.1) is 5.41 Å². The van der Waals surface area contributed by atoms with Crippen molar-refractivity contribution in [2.45, 2.75) is 32.6 Å². The summed E-state index contributed by atoms with van der Waals surface area (Å²) in [7, 11) is 0. The number of aromatic nitrogens is 1. The third kappa shape index (κ3) is 2.75. The second-order valence-electron chi connectivity index (χ2n) is 4.85. The summed E-state index contributed by atoms with van der Waals surface area (Å²) in [5.41, 5.74) is 0.271. The predicted octanol–water partition coefficient (Wildman–Crippen LogP) is 1.69. The highest BCUT2D eigenvalue weighted by Crippen LogP contribution is 2.48. The average Bonchev–Trinajstić information content (AvgIpc) is 3.08. The lowest BCUT2D eigenvalue weighted by atomic mass is 10.0. The standard InChI is InChI=1S/C13H18N2O2/c1-2-4-13(5-6-13)9-15-12(17)10-8-14-7-3-11(10)16/h3,7-8H,2,4-6,9H2,1H3,(H,14,16)(H,15,17). The van der Waals surface area contributed by atoms with E-state index in [0.29, 0.717) is 12.0 Å². The first-order chi connectivity index (χ1) is 8.17. The van der Waals surface area contributed by atoms with Crippen molar-refractivity contribution in [1.82, 2.24) is 10.3 Å². The minimum absolute atomic E-state index is 0.194. The highest BCUT2D eigenvalue weighted by atomic mass is 16.2. The summed E-state index contributed by atoms with van der Waals surface area (Å²) in [6.45, 7) is 2.85. The van der Waals surface area contributed by atoms with E-state index in [4.69, 9.17) is 0 Å². The van der Waals surface area contributed by atoms with Crippen molar-refractivity contribution in [3.63, 3.8) is 0 Å². The zero-order valence-electron chi connectivity index (χ0n) is 10.1. The minimum Gasteiger partial charge on any atom is -0.367 e. The lowest BCUT2D eigenvalue weighted by Gasteiger charge is -2.14. The summed E-state index contributed by atoms with van der Waals surface area (Å²) >= 11 is 0. The van der Waals surface area contributed by atoms with Crippen LogP contribution in [-0.2, 0) is 0 Å². The van der Waals surface area contributed by atoms with E-state index < -0.39 is 0 Å². The van der Waals surface area contributed by atoms with Crippen molar-refractivity contribution < 1.29 is 4.79 Å². The van der Waals surface area contributed by atoms with E-state index in [0.717, 1.165) is 12.8 Å². The fraction of sp³-hybridized carbons (Fsp3) is 0.538. The zero-order valence-corrected chi connectivity index (χ0v) is 10.1. The Morgan fingerprint density at radius 1 is 1.53 bits per heavy atom. The molecule has 1 fully saturated rings. The lowest BCUT2D eigenvalue weighted by molar-refractivity contribution is 0.0942. The van der Waals surface area contributed by atoms with Gasteiger partial charge in [0.25, 0.3) is 5.91 Å². The molecule has 1 amide bonds. The molecule has 2 rings (SSSR count). The van der Waals surface area contributed by atoms with E-state index in [1.165, 1.54) is 31.3 Å². The summed E-state index contributed by atoms with van der Waals surface area (Å²) in [6, 6.07) is 1.37. The Kier molecular flexibility index (Phi) is 3.31. The van der Waals surface area contributed by atoms with Crippen molar-refractivity contribution in [2.24, 2.45) is 5.41 Å². The summed E-state index contributed by atoms with van der Waals surface area (Å²) in [5.74, 6) is -0.269. The summed E-state index contributed by atoms with van der Waals surface area (Å²) in [5, 5.41) is 2.87. The molecule has 1 aliphatic rings. The van der Waals surface area contributed by atoms with Crippen LogP contribution in [0.1, 0.15) is 43.0 Å². The van der Waals surface area contributed by atoms with Gasteiger partial charge in [-0.2, -0.15) is 0 Å². The van der Waals surface area contributed by atoms with Crippen molar-refractivity contribution in [1.29, 1.82) is 0 Å². The molecule has 92 valence electrons. The normalized spacial score (nSPS) is 16.5. The molecule has 17 heavy (non-hydrogen) atoms.